The first-order valence-electron chi connectivity index (χ1n) is 6.89. The van der Waals surface area contributed by atoms with Crippen LogP contribution in [0.3, 0.4) is 0 Å². The summed E-state index contributed by atoms with van der Waals surface area (Å²) in [6, 6.07) is 7.52. The summed E-state index contributed by atoms with van der Waals surface area (Å²) >= 11 is 0. The molecule has 0 amide bonds. The van der Waals surface area contributed by atoms with Crippen LogP contribution in [0.25, 0.3) is 0 Å². The van der Waals surface area contributed by atoms with E-state index in [4.69, 9.17) is 4.74 Å². The Morgan fingerprint density at radius 2 is 2.12 bits per heavy atom. The Kier molecular flexibility index (Phi) is 2.27. The SMILES string of the molecule is c1cc2c(cc1C1CC1)COC1CCCNC21. The second kappa shape index (κ2) is 3.82. The maximum absolute atomic E-state index is 6.00. The summed E-state index contributed by atoms with van der Waals surface area (Å²) in [4.78, 5) is 0. The van der Waals surface area contributed by atoms with Gasteiger partial charge in [-0.05, 0) is 54.8 Å². The smallest absolute Gasteiger partial charge is 0.0774 e. The Bertz CT molecular complexity index is 439. The van der Waals surface area contributed by atoms with Crippen LogP contribution in [0.2, 0.25) is 0 Å². The topological polar surface area (TPSA) is 21.3 Å². The molecule has 2 heterocycles. The van der Waals surface area contributed by atoms with Crippen molar-refractivity contribution in [1.29, 1.82) is 0 Å². The molecule has 2 heteroatoms. The van der Waals surface area contributed by atoms with Gasteiger partial charge >= 0.3 is 0 Å². The number of rotatable bonds is 1. The van der Waals surface area contributed by atoms with Crippen molar-refractivity contribution in [1.82, 2.24) is 5.32 Å². The molecule has 0 bridgehead atoms. The van der Waals surface area contributed by atoms with Crippen molar-refractivity contribution < 1.29 is 4.74 Å². The molecule has 1 saturated heterocycles. The normalized spacial score (nSPS) is 31.8. The van der Waals surface area contributed by atoms with Crippen LogP contribution in [0, 0.1) is 0 Å². The van der Waals surface area contributed by atoms with Crippen molar-refractivity contribution in [2.24, 2.45) is 0 Å². The minimum Gasteiger partial charge on any atom is -0.372 e. The van der Waals surface area contributed by atoms with Crippen LogP contribution < -0.4 is 5.32 Å². The Hall–Kier alpha value is -0.860. The molecule has 2 unspecified atom stereocenters. The Balaban J connectivity index is 1.70. The van der Waals surface area contributed by atoms with Gasteiger partial charge in [-0.25, -0.2) is 0 Å². The van der Waals surface area contributed by atoms with Crippen molar-refractivity contribution in [2.75, 3.05) is 6.54 Å². The van der Waals surface area contributed by atoms with Gasteiger partial charge in [0.1, 0.15) is 0 Å². The van der Waals surface area contributed by atoms with E-state index in [9.17, 15) is 0 Å². The summed E-state index contributed by atoms with van der Waals surface area (Å²) in [6.45, 7) is 1.95. The van der Waals surface area contributed by atoms with E-state index < -0.39 is 0 Å². The fourth-order valence-electron chi connectivity index (χ4n) is 3.27. The lowest BCUT2D eigenvalue weighted by molar-refractivity contribution is -0.0177. The maximum atomic E-state index is 6.00. The van der Waals surface area contributed by atoms with E-state index in [1.807, 2.05) is 0 Å². The average molecular weight is 229 g/mol. The molecule has 0 radical (unpaired) electrons. The summed E-state index contributed by atoms with van der Waals surface area (Å²) in [7, 11) is 0. The first-order chi connectivity index (χ1) is 8.42. The highest BCUT2D eigenvalue weighted by Gasteiger charge is 2.33. The van der Waals surface area contributed by atoms with Crippen LogP contribution in [0.4, 0.5) is 0 Å². The summed E-state index contributed by atoms with van der Waals surface area (Å²) in [5.41, 5.74) is 4.44. The summed E-state index contributed by atoms with van der Waals surface area (Å²) in [5.74, 6) is 0.845. The number of fused-ring (bicyclic) bond motifs is 3. The quantitative estimate of drug-likeness (QED) is 0.799. The fourth-order valence-corrected chi connectivity index (χ4v) is 3.27. The highest BCUT2D eigenvalue weighted by Crippen LogP contribution is 2.42. The number of nitrogens with one attached hydrogen (secondary N) is 1. The zero-order chi connectivity index (χ0) is 11.2. The number of benzene rings is 1. The number of ether oxygens (including phenoxy) is 1. The lowest BCUT2D eigenvalue weighted by atomic mass is 9.88. The van der Waals surface area contributed by atoms with Gasteiger partial charge in [-0.15, -0.1) is 0 Å². The molecule has 2 fully saturated rings. The molecule has 1 aliphatic carbocycles. The molecular formula is C15H19NO. The van der Waals surface area contributed by atoms with Crippen LogP contribution in [-0.4, -0.2) is 12.6 Å². The van der Waals surface area contributed by atoms with E-state index in [1.165, 1.54) is 42.4 Å². The van der Waals surface area contributed by atoms with Crippen LogP contribution in [0.15, 0.2) is 18.2 Å². The van der Waals surface area contributed by atoms with Gasteiger partial charge in [-0.2, -0.15) is 0 Å². The predicted molar refractivity (Wildman–Crippen MR) is 67.0 cm³/mol. The van der Waals surface area contributed by atoms with E-state index in [-0.39, 0.29) is 0 Å². The first-order valence-corrected chi connectivity index (χ1v) is 6.89. The van der Waals surface area contributed by atoms with Crippen molar-refractivity contribution in [3.8, 4) is 0 Å². The third-order valence-electron chi connectivity index (χ3n) is 4.41. The van der Waals surface area contributed by atoms with Crippen molar-refractivity contribution in [3.05, 3.63) is 34.9 Å². The van der Waals surface area contributed by atoms with Gasteiger partial charge in [-0.3, -0.25) is 0 Å². The number of piperidine rings is 1. The van der Waals surface area contributed by atoms with Crippen molar-refractivity contribution >= 4 is 0 Å². The Labute approximate surface area is 102 Å². The second-order valence-corrected chi connectivity index (χ2v) is 5.66. The zero-order valence-corrected chi connectivity index (χ0v) is 10.1. The molecule has 90 valence electrons. The van der Waals surface area contributed by atoms with Crippen molar-refractivity contribution in [3.63, 3.8) is 0 Å². The molecule has 2 nitrogen and oxygen atoms in total. The third-order valence-corrected chi connectivity index (χ3v) is 4.41. The van der Waals surface area contributed by atoms with Crippen LogP contribution in [0.5, 0.6) is 0 Å². The fraction of sp³-hybridized carbons (Fsp3) is 0.600. The highest BCUT2D eigenvalue weighted by atomic mass is 16.5. The van der Waals surface area contributed by atoms with Gasteiger partial charge < -0.3 is 10.1 Å². The summed E-state index contributed by atoms with van der Waals surface area (Å²) in [5, 5.41) is 3.62. The van der Waals surface area contributed by atoms with Crippen molar-refractivity contribution in [2.45, 2.75) is 50.4 Å². The molecule has 0 aromatic heterocycles. The molecule has 2 aliphatic heterocycles. The molecular weight excluding hydrogens is 210 g/mol. The van der Waals surface area contributed by atoms with Gasteiger partial charge in [0, 0.05) is 0 Å². The molecule has 1 N–H and O–H groups in total. The summed E-state index contributed by atoms with van der Waals surface area (Å²) < 4.78 is 6.00. The number of hydrogen-bond donors (Lipinski definition) is 1. The van der Waals surface area contributed by atoms with Crippen LogP contribution in [0.1, 0.15) is 54.3 Å². The largest absolute Gasteiger partial charge is 0.372 e. The zero-order valence-electron chi connectivity index (χ0n) is 10.1. The second-order valence-electron chi connectivity index (χ2n) is 5.66. The first kappa shape index (κ1) is 10.1. The molecule has 3 aliphatic rings. The van der Waals surface area contributed by atoms with Crippen LogP contribution >= 0.6 is 0 Å². The lowest BCUT2D eigenvalue weighted by Gasteiger charge is -2.38. The van der Waals surface area contributed by atoms with Gasteiger partial charge in [-0.1, -0.05) is 18.2 Å². The van der Waals surface area contributed by atoms with Gasteiger partial charge in [0.05, 0.1) is 18.8 Å². The molecule has 0 spiro atoms. The van der Waals surface area contributed by atoms with E-state index in [2.05, 4.69) is 23.5 Å². The van der Waals surface area contributed by atoms with E-state index in [0.717, 1.165) is 19.1 Å². The minimum atomic E-state index is 0.406. The van der Waals surface area contributed by atoms with Gasteiger partial charge in [0.2, 0.25) is 0 Å². The standard InChI is InChI=1S/C15H19NO/c1-2-14-15(16-7-1)13-6-5-11(10-3-4-10)8-12(13)9-17-14/h5-6,8,10,14-16H,1-4,7,9H2. The molecule has 17 heavy (non-hydrogen) atoms. The molecule has 1 aromatic rings. The number of hydrogen-bond acceptors (Lipinski definition) is 2. The maximum Gasteiger partial charge on any atom is 0.0774 e. The summed E-state index contributed by atoms with van der Waals surface area (Å²) in [6.07, 6.45) is 5.62. The Morgan fingerprint density at radius 1 is 1.18 bits per heavy atom. The highest BCUT2D eigenvalue weighted by molar-refractivity contribution is 5.38. The van der Waals surface area contributed by atoms with E-state index in [0.29, 0.717) is 12.1 Å². The molecule has 2 atom stereocenters. The van der Waals surface area contributed by atoms with E-state index in [1.54, 1.807) is 0 Å². The van der Waals surface area contributed by atoms with Crippen LogP contribution in [-0.2, 0) is 11.3 Å². The van der Waals surface area contributed by atoms with Gasteiger partial charge in [0.15, 0.2) is 0 Å². The molecule has 4 rings (SSSR count). The minimum absolute atomic E-state index is 0.406. The lowest BCUT2D eigenvalue weighted by Crippen LogP contribution is -2.42. The average Bonchev–Trinajstić information content (AvgIpc) is 3.22. The Morgan fingerprint density at radius 3 is 3.00 bits per heavy atom. The van der Waals surface area contributed by atoms with Gasteiger partial charge in [0.25, 0.3) is 0 Å². The monoisotopic (exact) mass is 229 g/mol. The third kappa shape index (κ3) is 1.71. The molecule has 1 saturated carbocycles. The van der Waals surface area contributed by atoms with E-state index >= 15 is 0 Å². The predicted octanol–water partition coefficient (Wildman–Crippen LogP) is 2.89. The molecule has 1 aromatic carbocycles.